The van der Waals surface area contributed by atoms with E-state index in [1.165, 1.54) is 51.2 Å². The van der Waals surface area contributed by atoms with E-state index in [0.29, 0.717) is 16.8 Å². The molecule has 1 heterocycles. The lowest BCUT2D eigenvalue weighted by Gasteiger charge is -2.57. The van der Waals surface area contributed by atoms with Gasteiger partial charge in [0.1, 0.15) is 11.4 Å². The quantitative estimate of drug-likeness (QED) is 0.353. The lowest BCUT2D eigenvalue weighted by Crippen LogP contribution is -2.48. The molecule has 4 aliphatic carbocycles. The van der Waals surface area contributed by atoms with Gasteiger partial charge in [-0.1, -0.05) is 23.7 Å². The maximum Gasteiger partial charge on any atom is 0.341 e. The fraction of sp³-hybridized carbons (Fsp3) is 0.379. The Morgan fingerprint density at radius 1 is 0.943 bits per heavy atom. The Morgan fingerprint density at radius 3 is 2.29 bits per heavy atom. The van der Waals surface area contributed by atoms with E-state index in [1.807, 2.05) is 24.3 Å². The van der Waals surface area contributed by atoms with E-state index in [9.17, 15) is 4.79 Å². The van der Waals surface area contributed by atoms with Crippen molar-refractivity contribution in [2.24, 2.45) is 17.8 Å². The van der Waals surface area contributed by atoms with Crippen LogP contribution < -0.4 is 10.6 Å². The topological polar surface area (TPSA) is 63.2 Å². The fourth-order valence-electron chi connectivity index (χ4n) is 7.16. The summed E-state index contributed by atoms with van der Waals surface area (Å²) in [6, 6.07) is 17.9. The smallest absolute Gasteiger partial charge is 0.341 e. The number of hydrogen-bond acceptors (Lipinski definition) is 5. The first-order valence-electron chi connectivity index (χ1n) is 12.5. The molecule has 0 atom stereocenters. The first-order chi connectivity index (χ1) is 17.0. The van der Waals surface area contributed by atoms with E-state index in [4.69, 9.17) is 16.3 Å². The van der Waals surface area contributed by atoms with Crippen LogP contribution in [0.1, 0.15) is 54.4 Å². The third-order valence-electron chi connectivity index (χ3n) is 8.24. The molecule has 0 spiro atoms. The molecule has 2 N–H and O–H groups in total. The molecule has 5 nitrogen and oxygen atoms in total. The molecule has 4 bridgehead atoms. The minimum atomic E-state index is -0.430. The van der Waals surface area contributed by atoms with Crippen LogP contribution in [0.3, 0.4) is 0 Å². The van der Waals surface area contributed by atoms with Gasteiger partial charge in [-0.15, -0.1) is 0 Å². The number of carbonyl (C=O) groups is 1. The largest absolute Gasteiger partial charge is 0.465 e. The van der Waals surface area contributed by atoms with Crippen LogP contribution in [-0.4, -0.2) is 18.1 Å². The van der Waals surface area contributed by atoms with Crippen LogP contribution in [0, 0.1) is 17.8 Å². The van der Waals surface area contributed by atoms with E-state index in [2.05, 4.69) is 33.8 Å². The number of benzene rings is 2. The lowest BCUT2D eigenvalue weighted by atomic mass is 9.48. The molecule has 4 fully saturated rings. The van der Waals surface area contributed by atoms with Crippen molar-refractivity contribution in [3.8, 4) is 0 Å². The maximum absolute atomic E-state index is 12.1. The highest BCUT2D eigenvalue weighted by molar-refractivity contribution is 6.33. The minimum absolute atomic E-state index is 0.334. The van der Waals surface area contributed by atoms with Crippen LogP contribution in [0.5, 0.6) is 0 Å². The summed E-state index contributed by atoms with van der Waals surface area (Å²) in [7, 11) is 1.36. The van der Waals surface area contributed by atoms with Crippen molar-refractivity contribution >= 4 is 40.5 Å². The van der Waals surface area contributed by atoms with Crippen LogP contribution in [0.15, 0.2) is 60.8 Å². The molecule has 0 saturated heterocycles. The lowest BCUT2D eigenvalue weighted by molar-refractivity contribution is -0.00517. The Hall–Kier alpha value is -3.05. The zero-order valence-electron chi connectivity index (χ0n) is 19.9. The van der Waals surface area contributed by atoms with Crippen molar-refractivity contribution in [1.29, 1.82) is 0 Å². The summed E-state index contributed by atoms with van der Waals surface area (Å²) in [4.78, 5) is 16.4. The van der Waals surface area contributed by atoms with Gasteiger partial charge < -0.3 is 15.4 Å². The van der Waals surface area contributed by atoms with Gasteiger partial charge in [-0.25, -0.2) is 9.78 Å². The zero-order chi connectivity index (χ0) is 24.0. The van der Waals surface area contributed by atoms with E-state index in [-0.39, 0.29) is 0 Å². The summed E-state index contributed by atoms with van der Waals surface area (Å²) in [6.45, 7) is 0. The van der Waals surface area contributed by atoms with E-state index >= 15 is 0 Å². The van der Waals surface area contributed by atoms with Crippen LogP contribution in [-0.2, 0) is 10.2 Å². The monoisotopic (exact) mass is 487 g/mol. The summed E-state index contributed by atoms with van der Waals surface area (Å²) in [5, 5.41) is 7.45. The fourth-order valence-corrected chi connectivity index (χ4v) is 7.38. The number of ether oxygens (including phenoxy) is 1. The molecule has 1 aromatic heterocycles. The molecule has 6 heteroatoms. The Labute approximate surface area is 211 Å². The molecule has 4 saturated carbocycles. The molecule has 35 heavy (non-hydrogen) atoms. The molecule has 0 amide bonds. The number of carbonyl (C=O) groups excluding carboxylic acids is 1. The van der Waals surface area contributed by atoms with E-state index < -0.39 is 5.97 Å². The van der Waals surface area contributed by atoms with E-state index in [1.54, 1.807) is 18.3 Å². The Morgan fingerprint density at radius 2 is 1.63 bits per heavy atom. The molecule has 7 rings (SSSR count). The number of anilines is 4. The standard InChI is InChI=1S/C29H30ClN3O2/c1-35-28(34)24-6-3-9-31-27(24)33-23-5-2-4-22(14-23)32-26-8-7-21(13-25(26)30)29-15-18-10-19(16-29)12-20(11-18)17-29/h2-9,13-14,18-20,32H,10-12,15-17H2,1H3,(H,31,33). The number of esters is 1. The predicted molar refractivity (Wildman–Crippen MR) is 140 cm³/mol. The number of rotatable bonds is 6. The SMILES string of the molecule is COC(=O)c1cccnc1Nc1cccc(Nc2ccc(C34CC5CC(CC(C5)C3)C4)cc2Cl)c1. The summed E-state index contributed by atoms with van der Waals surface area (Å²) < 4.78 is 4.87. The molecular formula is C29H30ClN3O2. The zero-order valence-corrected chi connectivity index (χ0v) is 20.6. The molecular weight excluding hydrogens is 458 g/mol. The Balaban J connectivity index is 1.21. The van der Waals surface area contributed by atoms with Gasteiger partial charge >= 0.3 is 5.97 Å². The van der Waals surface area contributed by atoms with Gasteiger partial charge in [0.05, 0.1) is 17.8 Å². The van der Waals surface area contributed by atoms with Crippen molar-refractivity contribution in [2.75, 3.05) is 17.7 Å². The second kappa shape index (κ2) is 8.87. The van der Waals surface area contributed by atoms with Gasteiger partial charge in [0.25, 0.3) is 0 Å². The molecule has 0 radical (unpaired) electrons. The average molecular weight is 488 g/mol. The summed E-state index contributed by atoms with van der Waals surface area (Å²) in [5.74, 6) is 2.75. The van der Waals surface area contributed by atoms with Crippen molar-refractivity contribution in [2.45, 2.75) is 43.9 Å². The normalized spacial score (nSPS) is 26.4. The van der Waals surface area contributed by atoms with Crippen LogP contribution in [0.25, 0.3) is 0 Å². The highest BCUT2D eigenvalue weighted by Gasteiger charge is 2.51. The number of aromatic nitrogens is 1. The van der Waals surface area contributed by atoms with Crippen molar-refractivity contribution in [3.05, 3.63) is 76.9 Å². The highest BCUT2D eigenvalue weighted by atomic mass is 35.5. The average Bonchev–Trinajstić information content (AvgIpc) is 2.84. The summed E-state index contributed by atoms with van der Waals surface area (Å²) in [6.07, 6.45) is 9.95. The molecule has 4 aliphatic rings. The first kappa shape index (κ1) is 22.4. The number of nitrogens with one attached hydrogen (secondary N) is 2. The van der Waals surface area contributed by atoms with Gasteiger partial charge in [0.2, 0.25) is 0 Å². The minimum Gasteiger partial charge on any atom is -0.465 e. The van der Waals surface area contributed by atoms with Gasteiger partial charge in [-0.2, -0.15) is 0 Å². The maximum atomic E-state index is 12.1. The second-order valence-electron chi connectivity index (χ2n) is 10.6. The summed E-state index contributed by atoms with van der Waals surface area (Å²) >= 11 is 6.82. The van der Waals surface area contributed by atoms with Crippen molar-refractivity contribution < 1.29 is 9.53 Å². The molecule has 2 aromatic carbocycles. The number of pyridine rings is 1. The first-order valence-corrected chi connectivity index (χ1v) is 12.9. The van der Waals surface area contributed by atoms with Gasteiger partial charge in [0, 0.05) is 17.6 Å². The molecule has 0 aliphatic heterocycles. The third kappa shape index (κ3) is 4.27. The van der Waals surface area contributed by atoms with Gasteiger partial charge in [-0.3, -0.25) is 0 Å². The highest BCUT2D eigenvalue weighted by Crippen LogP contribution is 2.61. The van der Waals surface area contributed by atoms with Crippen LogP contribution >= 0.6 is 11.6 Å². The van der Waals surface area contributed by atoms with Gasteiger partial charge in [-0.05, 0) is 110 Å². The Bertz CT molecular complexity index is 1240. The van der Waals surface area contributed by atoms with E-state index in [0.717, 1.165) is 39.8 Å². The number of hydrogen-bond donors (Lipinski definition) is 2. The number of methoxy groups -OCH3 is 1. The molecule has 3 aromatic rings. The molecule has 180 valence electrons. The van der Waals surface area contributed by atoms with Gasteiger partial charge in [0.15, 0.2) is 0 Å². The molecule has 0 unspecified atom stereocenters. The van der Waals surface area contributed by atoms with Crippen molar-refractivity contribution in [3.63, 3.8) is 0 Å². The van der Waals surface area contributed by atoms with Crippen LogP contribution in [0.2, 0.25) is 5.02 Å². The summed E-state index contributed by atoms with van der Waals surface area (Å²) in [5.41, 5.74) is 4.74. The Kier molecular flexibility index (Phi) is 5.68. The third-order valence-corrected chi connectivity index (χ3v) is 8.55. The number of nitrogens with zero attached hydrogens (tertiary/aromatic N) is 1. The van der Waals surface area contributed by atoms with Crippen molar-refractivity contribution in [1.82, 2.24) is 4.98 Å². The van der Waals surface area contributed by atoms with Crippen LogP contribution in [0.4, 0.5) is 22.9 Å². The predicted octanol–water partition coefficient (Wildman–Crippen LogP) is 7.48. The second-order valence-corrected chi connectivity index (χ2v) is 11.0. The number of halogens is 1.